The summed E-state index contributed by atoms with van der Waals surface area (Å²) in [5, 5.41) is 6.66. The Morgan fingerprint density at radius 1 is 1.00 bits per heavy atom. The van der Waals surface area contributed by atoms with E-state index in [2.05, 4.69) is 10.6 Å². The van der Waals surface area contributed by atoms with Gasteiger partial charge in [0.05, 0.1) is 24.6 Å². The van der Waals surface area contributed by atoms with Gasteiger partial charge in [-0.3, -0.25) is 9.59 Å². The van der Waals surface area contributed by atoms with Crippen LogP contribution in [0, 0.1) is 0 Å². The van der Waals surface area contributed by atoms with Gasteiger partial charge in [0.1, 0.15) is 0 Å². The molecule has 1 aliphatic heterocycles. The van der Waals surface area contributed by atoms with E-state index in [-0.39, 0.29) is 18.4 Å². The first-order valence-electron chi connectivity index (χ1n) is 10.2. The number of halogens is 2. The second kappa shape index (κ2) is 9.65. The summed E-state index contributed by atoms with van der Waals surface area (Å²) >= 11 is 12.5. The second-order valence-corrected chi connectivity index (χ2v) is 8.44. The molecule has 2 atom stereocenters. The third-order valence-electron chi connectivity index (χ3n) is 5.56. The van der Waals surface area contributed by atoms with Gasteiger partial charge >= 0.3 is 5.97 Å². The van der Waals surface area contributed by atoms with Gasteiger partial charge in [-0.15, -0.1) is 0 Å². The standard InChI is InChI=1S/C25H20Cl2N2O4/c1-33-25(32)15-6-4-5-14(11-15)13-28-24(31)21-17-7-2-3-8-18(17)23(30)29-22(21)19-10-9-16(26)12-20(19)27/h2-12,21-22H,13H2,1H3,(H,28,31)(H,29,30)/t21-,22+/m1/s1. The first-order valence-corrected chi connectivity index (χ1v) is 10.9. The minimum atomic E-state index is -0.721. The van der Waals surface area contributed by atoms with E-state index in [9.17, 15) is 14.4 Å². The van der Waals surface area contributed by atoms with Gasteiger partial charge in [-0.2, -0.15) is 0 Å². The lowest BCUT2D eigenvalue weighted by molar-refractivity contribution is -0.123. The van der Waals surface area contributed by atoms with Gasteiger partial charge in [-0.05, 0) is 47.0 Å². The average Bonchev–Trinajstić information content (AvgIpc) is 2.82. The van der Waals surface area contributed by atoms with Crippen LogP contribution in [0.15, 0.2) is 66.7 Å². The molecule has 0 fully saturated rings. The molecule has 4 rings (SSSR count). The van der Waals surface area contributed by atoms with E-state index in [1.165, 1.54) is 7.11 Å². The van der Waals surface area contributed by atoms with E-state index in [0.717, 1.165) is 5.56 Å². The molecule has 0 spiro atoms. The van der Waals surface area contributed by atoms with E-state index < -0.39 is 17.9 Å². The largest absolute Gasteiger partial charge is 0.465 e. The molecule has 0 unspecified atom stereocenters. The summed E-state index contributed by atoms with van der Waals surface area (Å²) in [4.78, 5) is 38.0. The normalized spacial score (nSPS) is 17.0. The maximum Gasteiger partial charge on any atom is 0.337 e. The molecule has 0 saturated carbocycles. The molecule has 168 valence electrons. The Bertz CT molecular complexity index is 1240. The molecule has 0 aromatic heterocycles. The maximum absolute atomic E-state index is 13.5. The summed E-state index contributed by atoms with van der Waals surface area (Å²) in [6, 6.07) is 18.1. The SMILES string of the molecule is COC(=O)c1cccc(CNC(=O)[C@@H]2c3ccccc3C(=O)N[C@H]2c2ccc(Cl)cc2Cl)c1. The van der Waals surface area contributed by atoms with Gasteiger partial charge in [-0.1, -0.05) is 59.6 Å². The van der Waals surface area contributed by atoms with Gasteiger partial charge < -0.3 is 15.4 Å². The Morgan fingerprint density at radius 2 is 1.79 bits per heavy atom. The Balaban J connectivity index is 1.66. The maximum atomic E-state index is 13.5. The van der Waals surface area contributed by atoms with Crippen molar-refractivity contribution in [1.82, 2.24) is 10.6 Å². The van der Waals surface area contributed by atoms with Crippen molar-refractivity contribution in [2.24, 2.45) is 0 Å². The molecule has 3 aromatic carbocycles. The summed E-state index contributed by atoms with van der Waals surface area (Å²) in [5.74, 6) is -1.75. The lowest BCUT2D eigenvalue weighted by Crippen LogP contribution is -2.44. The molecule has 1 heterocycles. The van der Waals surface area contributed by atoms with Crippen LogP contribution in [0.1, 0.15) is 49.4 Å². The molecule has 0 aliphatic carbocycles. The molecule has 1 aliphatic rings. The third-order valence-corrected chi connectivity index (χ3v) is 6.12. The number of nitrogens with one attached hydrogen (secondary N) is 2. The number of amides is 2. The molecule has 2 amide bonds. The number of carbonyl (C=O) groups excluding carboxylic acids is 3. The smallest absolute Gasteiger partial charge is 0.337 e. The molecule has 8 heteroatoms. The number of carbonyl (C=O) groups is 3. The first-order chi connectivity index (χ1) is 15.9. The Labute approximate surface area is 200 Å². The Hall–Kier alpha value is -3.35. The fraction of sp³-hybridized carbons (Fsp3) is 0.160. The highest BCUT2D eigenvalue weighted by molar-refractivity contribution is 6.35. The van der Waals surface area contributed by atoms with E-state index in [1.54, 1.807) is 66.7 Å². The van der Waals surface area contributed by atoms with Crippen LogP contribution < -0.4 is 10.6 Å². The van der Waals surface area contributed by atoms with Crippen molar-refractivity contribution in [3.05, 3.63) is 105 Å². The zero-order valence-corrected chi connectivity index (χ0v) is 19.1. The number of hydrogen-bond donors (Lipinski definition) is 2. The predicted molar refractivity (Wildman–Crippen MR) is 125 cm³/mol. The average molecular weight is 483 g/mol. The summed E-state index contributed by atoms with van der Waals surface area (Å²) in [5.41, 5.74) is 2.77. The molecule has 0 saturated heterocycles. The molecule has 6 nitrogen and oxygen atoms in total. The fourth-order valence-corrected chi connectivity index (χ4v) is 4.51. The van der Waals surface area contributed by atoms with Crippen molar-refractivity contribution >= 4 is 41.0 Å². The van der Waals surface area contributed by atoms with Crippen LogP contribution >= 0.6 is 23.2 Å². The van der Waals surface area contributed by atoms with Crippen LogP contribution in [0.25, 0.3) is 0 Å². The lowest BCUT2D eigenvalue weighted by Gasteiger charge is -2.34. The van der Waals surface area contributed by atoms with Crippen molar-refractivity contribution in [2.45, 2.75) is 18.5 Å². The number of esters is 1. The van der Waals surface area contributed by atoms with Crippen molar-refractivity contribution < 1.29 is 19.1 Å². The molecular formula is C25H20Cl2N2O4. The topological polar surface area (TPSA) is 84.5 Å². The van der Waals surface area contributed by atoms with Gasteiger partial charge in [0.15, 0.2) is 0 Å². The van der Waals surface area contributed by atoms with Crippen LogP contribution in [0.3, 0.4) is 0 Å². The third kappa shape index (κ3) is 4.72. The predicted octanol–water partition coefficient (Wildman–Crippen LogP) is 4.66. The number of hydrogen-bond acceptors (Lipinski definition) is 4. The van der Waals surface area contributed by atoms with E-state index in [4.69, 9.17) is 27.9 Å². The highest BCUT2D eigenvalue weighted by atomic mass is 35.5. The van der Waals surface area contributed by atoms with Crippen LogP contribution in [-0.2, 0) is 16.1 Å². The zero-order valence-electron chi connectivity index (χ0n) is 17.6. The number of fused-ring (bicyclic) bond motifs is 1. The van der Waals surface area contributed by atoms with Crippen molar-refractivity contribution in [3.63, 3.8) is 0 Å². The zero-order chi connectivity index (χ0) is 23.5. The van der Waals surface area contributed by atoms with Gasteiger partial charge in [-0.25, -0.2) is 4.79 Å². The Morgan fingerprint density at radius 3 is 2.55 bits per heavy atom. The van der Waals surface area contributed by atoms with E-state index in [0.29, 0.717) is 32.3 Å². The minimum absolute atomic E-state index is 0.192. The summed E-state index contributed by atoms with van der Waals surface area (Å²) in [6.45, 7) is 0.192. The minimum Gasteiger partial charge on any atom is -0.465 e. The number of benzene rings is 3. The summed E-state index contributed by atoms with van der Waals surface area (Å²) in [7, 11) is 1.31. The number of methoxy groups -OCH3 is 1. The molecule has 3 aromatic rings. The van der Waals surface area contributed by atoms with Crippen LogP contribution in [0.2, 0.25) is 10.0 Å². The second-order valence-electron chi connectivity index (χ2n) is 7.59. The lowest BCUT2D eigenvalue weighted by atomic mass is 9.80. The number of rotatable bonds is 5. The molecule has 33 heavy (non-hydrogen) atoms. The van der Waals surface area contributed by atoms with Crippen molar-refractivity contribution in [2.75, 3.05) is 7.11 Å². The molecule has 2 N–H and O–H groups in total. The van der Waals surface area contributed by atoms with E-state index >= 15 is 0 Å². The monoisotopic (exact) mass is 482 g/mol. The fourth-order valence-electron chi connectivity index (χ4n) is 3.99. The summed E-state index contributed by atoms with van der Waals surface area (Å²) < 4.78 is 4.76. The van der Waals surface area contributed by atoms with Gasteiger partial charge in [0.25, 0.3) is 5.91 Å². The Kier molecular flexibility index (Phi) is 6.67. The van der Waals surface area contributed by atoms with E-state index in [1.807, 2.05) is 0 Å². The molecular weight excluding hydrogens is 463 g/mol. The van der Waals surface area contributed by atoms with Crippen molar-refractivity contribution in [1.29, 1.82) is 0 Å². The highest BCUT2D eigenvalue weighted by Gasteiger charge is 2.39. The van der Waals surface area contributed by atoms with Crippen LogP contribution in [0.5, 0.6) is 0 Å². The molecule has 0 bridgehead atoms. The van der Waals surface area contributed by atoms with Crippen LogP contribution in [0.4, 0.5) is 0 Å². The van der Waals surface area contributed by atoms with Crippen LogP contribution in [-0.4, -0.2) is 24.9 Å². The van der Waals surface area contributed by atoms with Crippen molar-refractivity contribution in [3.8, 4) is 0 Å². The molecule has 0 radical (unpaired) electrons. The summed E-state index contributed by atoms with van der Waals surface area (Å²) in [6.07, 6.45) is 0. The number of ether oxygens (including phenoxy) is 1. The van der Waals surface area contributed by atoms with Gasteiger partial charge in [0, 0.05) is 22.2 Å². The quantitative estimate of drug-likeness (QED) is 0.517. The van der Waals surface area contributed by atoms with Gasteiger partial charge in [0.2, 0.25) is 5.91 Å². The highest BCUT2D eigenvalue weighted by Crippen LogP contribution is 2.40. The first kappa shape index (κ1) is 22.8.